The number of hydrogen-bond donors (Lipinski definition) is 2. The van der Waals surface area contributed by atoms with Crippen LogP contribution in [0.2, 0.25) is 0 Å². The van der Waals surface area contributed by atoms with Crippen molar-refractivity contribution in [2.24, 2.45) is 0 Å². The zero-order valence-corrected chi connectivity index (χ0v) is 19.6. The Kier molecular flexibility index (Phi) is 5.88. The Morgan fingerprint density at radius 1 is 1.06 bits per heavy atom. The van der Waals surface area contributed by atoms with Gasteiger partial charge in [-0.15, -0.1) is 11.3 Å². The lowest BCUT2D eigenvalue weighted by atomic mass is 10.1. The van der Waals surface area contributed by atoms with Crippen LogP contribution in [-0.2, 0) is 14.8 Å². The van der Waals surface area contributed by atoms with Gasteiger partial charge in [0.25, 0.3) is 0 Å². The van der Waals surface area contributed by atoms with E-state index in [-0.39, 0.29) is 0 Å². The number of sulfonamides is 1. The molecule has 5 rings (SSSR count). The lowest BCUT2D eigenvalue weighted by Crippen LogP contribution is -2.36. The zero-order chi connectivity index (χ0) is 22.8. The van der Waals surface area contributed by atoms with Crippen molar-refractivity contribution in [3.05, 3.63) is 60.1 Å². The molecule has 8 nitrogen and oxygen atoms in total. The molecule has 0 spiro atoms. The van der Waals surface area contributed by atoms with E-state index in [0.29, 0.717) is 11.6 Å². The fourth-order valence-corrected chi connectivity index (χ4v) is 5.19. The number of aromatic nitrogens is 2. The van der Waals surface area contributed by atoms with Crippen LogP contribution in [0.15, 0.2) is 60.1 Å². The molecule has 2 N–H and O–H groups in total. The van der Waals surface area contributed by atoms with Gasteiger partial charge >= 0.3 is 0 Å². The van der Waals surface area contributed by atoms with Gasteiger partial charge in [0, 0.05) is 41.1 Å². The van der Waals surface area contributed by atoms with Crippen LogP contribution in [0.3, 0.4) is 0 Å². The van der Waals surface area contributed by atoms with Crippen molar-refractivity contribution >= 4 is 54.6 Å². The molecule has 0 saturated carbocycles. The van der Waals surface area contributed by atoms with Gasteiger partial charge in [-0.3, -0.25) is 4.72 Å². The number of anilines is 4. The SMILES string of the molecule is CS(=O)(=O)Nc1cccc(-c2csc3cnc(Nc4ccc(N5CCOCC5)cc4)nc23)c1. The van der Waals surface area contributed by atoms with Crippen molar-refractivity contribution in [1.82, 2.24) is 9.97 Å². The number of nitrogens with one attached hydrogen (secondary N) is 2. The molecule has 10 heteroatoms. The maximum Gasteiger partial charge on any atom is 0.229 e. The highest BCUT2D eigenvalue weighted by Gasteiger charge is 2.13. The highest BCUT2D eigenvalue weighted by atomic mass is 32.2. The topological polar surface area (TPSA) is 96.5 Å². The Morgan fingerprint density at radius 2 is 1.85 bits per heavy atom. The molecule has 2 aromatic heterocycles. The van der Waals surface area contributed by atoms with Gasteiger partial charge in [-0.1, -0.05) is 12.1 Å². The molecule has 1 aliphatic rings. The smallest absolute Gasteiger partial charge is 0.229 e. The van der Waals surface area contributed by atoms with Crippen LogP contribution >= 0.6 is 11.3 Å². The van der Waals surface area contributed by atoms with Gasteiger partial charge < -0.3 is 15.0 Å². The highest BCUT2D eigenvalue weighted by molar-refractivity contribution is 7.92. The van der Waals surface area contributed by atoms with Gasteiger partial charge in [0.2, 0.25) is 16.0 Å². The summed E-state index contributed by atoms with van der Waals surface area (Å²) in [5.41, 5.74) is 5.22. The third kappa shape index (κ3) is 5.08. The van der Waals surface area contributed by atoms with Crippen molar-refractivity contribution < 1.29 is 13.2 Å². The number of fused-ring (bicyclic) bond motifs is 1. The third-order valence-corrected chi connectivity index (χ3v) is 6.80. The molecule has 0 bridgehead atoms. The summed E-state index contributed by atoms with van der Waals surface area (Å²) in [6, 6.07) is 15.5. The Hall–Kier alpha value is -3.21. The second kappa shape index (κ2) is 8.97. The van der Waals surface area contributed by atoms with Crippen LogP contribution in [0.5, 0.6) is 0 Å². The van der Waals surface area contributed by atoms with Gasteiger partial charge in [-0.25, -0.2) is 18.4 Å². The van der Waals surface area contributed by atoms with Crippen LogP contribution in [0.25, 0.3) is 21.3 Å². The number of thiophene rings is 1. The normalized spacial score (nSPS) is 14.4. The van der Waals surface area contributed by atoms with Crippen LogP contribution in [0.4, 0.5) is 23.0 Å². The summed E-state index contributed by atoms with van der Waals surface area (Å²) >= 11 is 1.55. The molecule has 1 fully saturated rings. The maximum absolute atomic E-state index is 11.6. The van der Waals surface area contributed by atoms with Gasteiger partial charge in [-0.05, 0) is 42.0 Å². The van der Waals surface area contributed by atoms with E-state index in [9.17, 15) is 8.42 Å². The van der Waals surface area contributed by atoms with Crippen molar-refractivity contribution in [3.8, 4) is 11.1 Å². The third-order valence-electron chi connectivity index (χ3n) is 5.29. The van der Waals surface area contributed by atoms with Crippen LogP contribution < -0.4 is 14.9 Å². The predicted molar refractivity (Wildman–Crippen MR) is 134 cm³/mol. The molecular formula is C23H23N5O3S2. The molecule has 3 heterocycles. The van der Waals surface area contributed by atoms with Crippen LogP contribution in [-0.4, -0.2) is 50.9 Å². The molecule has 33 heavy (non-hydrogen) atoms. The first-order chi connectivity index (χ1) is 15.9. The van der Waals surface area contributed by atoms with E-state index in [0.717, 1.165) is 59.6 Å². The number of nitrogens with zero attached hydrogens (tertiary/aromatic N) is 3. The first-order valence-corrected chi connectivity index (χ1v) is 13.2. The summed E-state index contributed by atoms with van der Waals surface area (Å²) in [4.78, 5) is 11.5. The van der Waals surface area contributed by atoms with Gasteiger partial charge in [0.15, 0.2) is 0 Å². The quantitative estimate of drug-likeness (QED) is 0.424. The number of rotatable bonds is 6. The Morgan fingerprint density at radius 3 is 2.61 bits per heavy atom. The van der Waals surface area contributed by atoms with Crippen LogP contribution in [0, 0.1) is 0 Å². The lowest BCUT2D eigenvalue weighted by molar-refractivity contribution is 0.122. The second-order valence-electron chi connectivity index (χ2n) is 7.78. The molecule has 0 amide bonds. The number of benzene rings is 2. The number of hydrogen-bond acceptors (Lipinski definition) is 8. The molecule has 170 valence electrons. The van der Waals surface area contributed by atoms with E-state index < -0.39 is 10.0 Å². The van der Waals surface area contributed by atoms with Crippen molar-refractivity contribution in [2.45, 2.75) is 0 Å². The van der Waals surface area contributed by atoms with Crippen molar-refractivity contribution in [3.63, 3.8) is 0 Å². The van der Waals surface area contributed by atoms with E-state index in [1.807, 2.05) is 35.7 Å². The van der Waals surface area contributed by atoms with E-state index in [1.165, 1.54) is 5.69 Å². The minimum absolute atomic E-state index is 0.506. The van der Waals surface area contributed by atoms with Gasteiger partial charge in [-0.2, -0.15) is 0 Å². The number of ether oxygens (including phenoxy) is 1. The summed E-state index contributed by atoms with van der Waals surface area (Å²) < 4.78 is 32.1. The monoisotopic (exact) mass is 481 g/mol. The van der Waals surface area contributed by atoms with E-state index in [1.54, 1.807) is 23.6 Å². The second-order valence-corrected chi connectivity index (χ2v) is 10.4. The summed E-state index contributed by atoms with van der Waals surface area (Å²) in [7, 11) is -3.35. The Balaban J connectivity index is 1.39. The summed E-state index contributed by atoms with van der Waals surface area (Å²) in [6.07, 6.45) is 2.94. The Labute approximate surface area is 196 Å². The predicted octanol–water partition coefficient (Wildman–Crippen LogP) is 4.31. The summed E-state index contributed by atoms with van der Waals surface area (Å²) in [5, 5.41) is 5.30. The highest BCUT2D eigenvalue weighted by Crippen LogP contribution is 2.34. The number of morpholine rings is 1. The largest absolute Gasteiger partial charge is 0.378 e. The Bertz CT molecular complexity index is 1380. The first-order valence-electron chi connectivity index (χ1n) is 10.5. The molecular weight excluding hydrogens is 458 g/mol. The van der Waals surface area contributed by atoms with Gasteiger partial charge in [0.1, 0.15) is 0 Å². The molecule has 0 unspecified atom stereocenters. The average molecular weight is 482 g/mol. The van der Waals surface area contributed by atoms with Crippen molar-refractivity contribution in [1.29, 1.82) is 0 Å². The molecule has 1 aliphatic heterocycles. The molecule has 0 radical (unpaired) electrons. The molecule has 1 saturated heterocycles. The maximum atomic E-state index is 11.6. The fraction of sp³-hybridized carbons (Fsp3) is 0.217. The minimum Gasteiger partial charge on any atom is -0.378 e. The molecule has 2 aromatic carbocycles. The average Bonchev–Trinajstić information content (AvgIpc) is 3.23. The summed E-state index contributed by atoms with van der Waals surface area (Å²) in [5.74, 6) is 0.506. The van der Waals surface area contributed by atoms with E-state index in [2.05, 4.69) is 32.1 Å². The molecule has 0 atom stereocenters. The standard InChI is InChI=1S/C23H23N5O3S2/c1-33(29,30)27-18-4-2-3-16(13-18)20-15-32-21-14-24-23(26-22(20)21)25-17-5-7-19(8-6-17)28-9-11-31-12-10-28/h2-8,13-15,27H,9-12H2,1H3,(H,24,25,26). The van der Waals surface area contributed by atoms with Crippen molar-refractivity contribution in [2.75, 3.05) is 47.5 Å². The molecule has 0 aliphatic carbocycles. The zero-order valence-electron chi connectivity index (χ0n) is 18.0. The lowest BCUT2D eigenvalue weighted by Gasteiger charge is -2.28. The van der Waals surface area contributed by atoms with E-state index >= 15 is 0 Å². The molecule has 4 aromatic rings. The van der Waals surface area contributed by atoms with E-state index in [4.69, 9.17) is 9.72 Å². The summed E-state index contributed by atoms with van der Waals surface area (Å²) in [6.45, 7) is 3.30. The van der Waals surface area contributed by atoms with Gasteiger partial charge in [0.05, 0.1) is 35.9 Å². The minimum atomic E-state index is -3.35. The fourth-order valence-electron chi connectivity index (χ4n) is 3.76. The van der Waals surface area contributed by atoms with Crippen LogP contribution in [0.1, 0.15) is 0 Å². The first kappa shape index (κ1) is 21.6.